The summed E-state index contributed by atoms with van der Waals surface area (Å²) in [4.78, 5) is 0.0299. The fraction of sp³-hybridized carbons (Fsp3) is 0.333. The van der Waals surface area contributed by atoms with Crippen LogP contribution in [0, 0.1) is 13.8 Å². The van der Waals surface area contributed by atoms with E-state index in [-0.39, 0.29) is 16.2 Å². The number of hydrogen-bond acceptors (Lipinski definition) is 6. The third-order valence-corrected chi connectivity index (χ3v) is 6.42. The van der Waals surface area contributed by atoms with Crippen molar-refractivity contribution in [2.45, 2.75) is 43.1 Å². The molecule has 0 saturated carbocycles. The molecule has 0 heterocycles. The lowest BCUT2D eigenvalue weighted by molar-refractivity contribution is 0.134. The molecule has 0 N–H and O–H groups in total. The van der Waals surface area contributed by atoms with Crippen LogP contribution in [0.2, 0.25) is 0 Å². The van der Waals surface area contributed by atoms with Crippen molar-refractivity contribution in [3.05, 3.63) is 59.7 Å². The van der Waals surface area contributed by atoms with Gasteiger partial charge in [0.1, 0.15) is 6.10 Å². The lowest BCUT2D eigenvalue weighted by Gasteiger charge is -2.16. The van der Waals surface area contributed by atoms with Gasteiger partial charge in [-0.1, -0.05) is 42.3 Å². The van der Waals surface area contributed by atoms with E-state index in [0.29, 0.717) is 0 Å². The Kier molecular flexibility index (Phi) is 6.57. The van der Waals surface area contributed by atoms with Crippen molar-refractivity contribution in [2.24, 2.45) is 0 Å². The van der Waals surface area contributed by atoms with Gasteiger partial charge in [-0.15, -0.1) is 0 Å². The molecule has 26 heavy (non-hydrogen) atoms. The number of benzene rings is 2. The minimum Gasteiger partial charge on any atom is -0.264 e. The van der Waals surface area contributed by atoms with Crippen molar-refractivity contribution in [3.63, 3.8) is 0 Å². The minimum absolute atomic E-state index is 0.0133. The SMILES string of the molecule is CC[C@@H](COS(=O)(=O)c1ccc(C)cc1)OS(=O)(=O)c1ccc(C)cc1. The van der Waals surface area contributed by atoms with E-state index in [1.54, 1.807) is 31.2 Å². The van der Waals surface area contributed by atoms with E-state index in [2.05, 4.69) is 0 Å². The predicted octanol–water partition coefficient (Wildman–Crippen LogP) is 3.19. The molecule has 0 aliphatic carbocycles. The molecule has 0 amide bonds. The van der Waals surface area contributed by atoms with Crippen molar-refractivity contribution < 1.29 is 25.2 Å². The summed E-state index contributed by atoms with van der Waals surface area (Å²) in [6.07, 6.45) is -0.643. The van der Waals surface area contributed by atoms with Crippen LogP contribution >= 0.6 is 0 Å². The molecule has 6 nitrogen and oxygen atoms in total. The average molecular weight is 399 g/mol. The molecule has 1 atom stereocenters. The highest BCUT2D eigenvalue weighted by Crippen LogP contribution is 2.19. The van der Waals surface area contributed by atoms with Gasteiger partial charge in [-0.25, -0.2) is 0 Å². The smallest absolute Gasteiger partial charge is 0.264 e. The van der Waals surface area contributed by atoms with Crippen LogP contribution in [0.3, 0.4) is 0 Å². The molecule has 0 radical (unpaired) electrons. The van der Waals surface area contributed by atoms with E-state index in [1.165, 1.54) is 24.3 Å². The summed E-state index contributed by atoms with van der Waals surface area (Å²) in [6, 6.07) is 12.4. The zero-order chi connectivity index (χ0) is 19.4. The molecule has 0 aliphatic rings. The first-order chi connectivity index (χ1) is 12.1. The molecule has 0 bridgehead atoms. The molecule has 142 valence electrons. The van der Waals surface area contributed by atoms with Gasteiger partial charge in [-0.05, 0) is 44.5 Å². The highest BCUT2D eigenvalue weighted by molar-refractivity contribution is 7.87. The van der Waals surface area contributed by atoms with Crippen LogP contribution in [-0.2, 0) is 28.6 Å². The van der Waals surface area contributed by atoms with Crippen LogP contribution in [0.25, 0.3) is 0 Å². The van der Waals surface area contributed by atoms with Gasteiger partial charge in [0.2, 0.25) is 0 Å². The molecule has 2 rings (SSSR count). The lowest BCUT2D eigenvalue weighted by Crippen LogP contribution is -2.25. The van der Waals surface area contributed by atoms with Gasteiger partial charge in [0.05, 0.1) is 16.4 Å². The van der Waals surface area contributed by atoms with Crippen molar-refractivity contribution in [1.82, 2.24) is 0 Å². The van der Waals surface area contributed by atoms with Crippen molar-refractivity contribution in [3.8, 4) is 0 Å². The van der Waals surface area contributed by atoms with Gasteiger partial charge in [0.25, 0.3) is 20.2 Å². The number of aryl methyl sites for hydroxylation is 2. The molecule has 0 saturated heterocycles. The Morgan fingerprint density at radius 1 is 0.769 bits per heavy atom. The second-order valence-corrected chi connectivity index (χ2v) is 9.13. The Labute approximate surface area is 155 Å². The Hall–Kier alpha value is -1.74. The van der Waals surface area contributed by atoms with Crippen molar-refractivity contribution in [2.75, 3.05) is 6.61 Å². The van der Waals surface area contributed by atoms with Gasteiger partial charge >= 0.3 is 0 Å². The predicted molar refractivity (Wildman–Crippen MR) is 97.8 cm³/mol. The average Bonchev–Trinajstić information content (AvgIpc) is 2.59. The molecule has 2 aromatic carbocycles. The van der Waals surface area contributed by atoms with Crippen LogP contribution in [0.1, 0.15) is 24.5 Å². The number of rotatable bonds is 8. The van der Waals surface area contributed by atoms with Gasteiger partial charge in [0, 0.05) is 0 Å². The topological polar surface area (TPSA) is 86.7 Å². The Bertz CT molecular complexity index is 930. The quantitative estimate of drug-likeness (QED) is 0.635. The molecule has 0 unspecified atom stereocenters. The summed E-state index contributed by atoms with van der Waals surface area (Å²) >= 11 is 0. The number of hydrogen-bond donors (Lipinski definition) is 0. The van der Waals surface area contributed by atoms with Crippen molar-refractivity contribution >= 4 is 20.2 Å². The monoisotopic (exact) mass is 398 g/mol. The van der Waals surface area contributed by atoms with Crippen LogP contribution in [0.5, 0.6) is 0 Å². The third-order valence-electron chi connectivity index (χ3n) is 3.75. The molecule has 0 fully saturated rings. The van der Waals surface area contributed by atoms with E-state index in [4.69, 9.17) is 8.37 Å². The first kappa shape index (κ1) is 20.6. The standard InChI is InChI=1S/C18H22O6S2/c1-4-16(24-26(21,22)18-11-7-15(3)8-12-18)13-23-25(19,20)17-9-5-14(2)6-10-17/h5-12,16H,4,13H2,1-3H3/t16-/m0/s1. The van der Waals surface area contributed by atoms with Gasteiger partial charge in [-0.3, -0.25) is 8.37 Å². The summed E-state index contributed by atoms with van der Waals surface area (Å²) in [5, 5.41) is 0. The second kappa shape index (κ2) is 8.30. The van der Waals surface area contributed by atoms with Gasteiger partial charge < -0.3 is 0 Å². The van der Waals surface area contributed by atoms with E-state index < -0.39 is 32.9 Å². The van der Waals surface area contributed by atoms with Gasteiger partial charge in [-0.2, -0.15) is 16.8 Å². The van der Waals surface area contributed by atoms with E-state index >= 15 is 0 Å². The lowest BCUT2D eigenvalue weighted by atomic mass is 10.2. The zero-order valence-electron chi connectivity index (χ0n) is 14.9. The molecule has 0 spiro atoms. The highest BCUT2D eigenvalue weighted by atomic mass is 32.2. The van der Waals surface area contributed by atoms with Gasteiger partial charge in [0.15, 0.2) is 0 Å². The van der Waals surface area contributed by atoms with E-state index in [1.807, 2.05) is 13.8 Å². The maximum Gasteiger partial charge on any atom is 0.297 e. The maximum atomic E-state index is 12.3. The second-order valence-electron chi connectivity index (χ2n) is 5.95. The Morgan fingerprint density at radius 2 is 1.19 bits per heavy atom. The summed E-state index contributed by atoms with van der Waals surface area (Å²) in [6.45, 7) is 4.99. The summed E-state index contributed by atoms with van der Waals surface area (Å²) in [5.41, 5.74) is 1.84. The fourth-order valence-electron chi connectivity index (χ4n) is 2.09. The van der Waals surface area contributed by atoms with Crippen molar-refractivity contribution in [1.29, 1.82) is 0 Å². The first-order valence-electron chi connectivity index (χ1n) is 8.10. The first-order valence-corrected chi connectivity index (χ1v) is 10.9. The van der Waals surface area contributed by atoms with E-state index in [9.17, 15) is 16.8 Å². The molecule has 2 aromatic rings. The normalized spacial score (nSPS) is 13.5. The van der Waals surface area contributed by atoms with Crippen LogP contribution < -0.4 is 0 Å². The van der Waals surface area contributed by atoms with Crippen LogP contribution in [0.4, 0.5) is 0 Å². The molecular weight excluding hydrogens is 376 g/mol. The largest absolute Gasteiger partial charge is 0.297 e. The fourth-order valence-corrected chi connectivity index (χ4v) is 4.16. The molecule has 0 aromatic heterocycles. The zero-order valence-corrected chi connectivity index (χ0v) is 16.5. The van der Waals surface area contributed by atoms with Crippen LogP contribution in [-0.4, -0.2) is 29.5 Å². The molecule has 0 aliphatic heterocycles. The summed E-state index contributed by atoms with van der Waals surface area (Å²) in [7, 11) is -7.98. The summed E-state index contributed by atoms with van der Waals surface area (Å²) < 4.78 is 59.2. The Morgan fingerprint density at radius 3 is 1.62 bits per heavy atom. The minimum atomic E-state index is -4.00. The Balaban J connectivity index is 2.07. The molecule has 8 heteroatoms. The van der Waals surface area contributed by atoms with E-state index in [0.717, 1.165) is 11.1 Å². The summed E-state index contributed by atoms with van der Waals surface area (Å²) in [5.74, 6) is 0. The van der Waals surface area contributed by atoms with Crippen LogP contribution in [0.15, 0.2) is 58.3 Å². The highest BCUT2D eigenvalue weighted by Gasteiger charge is 2.24. The molecular formula is C18H22O6S2. The maximum absolute atomic E-state index is 12.3. The third kappa shape index (κ3) is 5.38.